The summed E-state index contributed by atoms with van der Waals surface area (Å²) in [6.07, 6.45) is 0. The van der Waals surface area contributed by atoms with Crippen LogP contribution >= 0.6 is 11.6 Å². The van der Waals surface area contributed by atoms with Gasteiger partial charge in [-0.15, -0.1) is 11.6 Å². The van der Waals surface area contributed by atoms with Crippen LogP contribution in [0.25, 0.3) is 10.9 Å². The first-order chi connectivity index (χ1) is 10.3. The largest absolute Gasteiger partial charge is 0.380 e. The Hall–Kier alpha value is -2.06. The highest BCUT2D eigenvalue weighted by atomic mass is 35.5. The molecule has 3 heteroatoms. The van der Waals surface area contributed by atoms with Crippen molar-refractivity contribution in [3.05, 3.63) is 71.4 Å². The molecule has 0 saturated carbocycles. The summed E-state index contributed by atoms with van der Waals surface area (Å²) >= 11 is 5.89. The maximum atomic E-state index is 5.89. The highest BCUT2D eigenvalue weighted by Crippen LogP contribution is 2.23. The minimum atomic E-state index is 0.547. The van der Waals surface area contributed by atoms with E-state index in [9.17, 15) is 0 Å². The van der Waals surface area contributed by atoms with Gasteiger partial charge in [0.05, 0.1) is 5.52 Å². The summed E-state index contributed by atoms with van der Waals surface area (Å²) in [6.45, 7) is 2.80. The molecule has 2 nitrogen and oxygen atoms in total. The Morgan fingerprint density at radius 1 is 1.00 bits per heavy atom. The molecule has 0 radical (unpaired) electrons. The van der Waals surface area contributed by atoms with E-state index in [1.807, 2.05) is 37.3 Å². The van der Waals surface area contributed by atoms with Gasteiger partial charge in [-0.25, -0.2) is 0 Å². The van der Waals surface area contributed by atoms with Gasteiger partial charge in [-0.2, -0.15) is 0 Å². The van der Waals surface area contributed by atoms with Gasteiger partial charge in [0.1, 0.15) is 0 Å². The molecule has 0 spiro atoms. The number of fused-ring (bicyclic) bond motifs is 1. The Balaban J connectivity index is 1.87. The fourth-order valence-corrected chi connectivity index (χ4v) is 2.64. The molecule has 106 valence electrons. The van der Waals surface area contributed by atoms with Gasteiger partial charge < -0.3 is 5.32 Å². The van der Waals surface area contributed by atoms with E-state index in [0.717, 1.165) is 34.4 Å². The van der Waals surface area contributed by atoms with Crippen molar-refractivity contribution in [3.8, 4) is 0 Å². The molecule has 0 aliphatic heterocycles. The van der Waals surface area contributed by atoms with Crippen LogP contribution in [0.15, 0.2) is 54.6 Å². The zero-order chi connectivity index (χ0) is 14.7. The highest BCUT2D eigenvalue weighted by Gasteiger charge is 2.03. The third-order valence-corrected chi connectivity index (χ3v) is 3.78. The van der Waals surface area contributed by atoms with Crippen molar-refractivity contribution in [2.45, 2.75) is 19.3 Å². The normalized spacial score (nSPS) is 10.8. The number of halogens is 1. The summed E-state index contributed by atoms with van der Waals surface area (Å²) in [5, 5.41) is 4.66. The molecule has 21 heavy (non-hydrogen) atoms. The van der Waals surface area contributed by atoms with E-state index in [1.54, 1.807) is 0 Å². The second-order valence-electron chi connectivity index (χ2n) is 5.14. The number of alkyl halides is 1. The number of aromatic nitrogens is 1. The molecule has 0 aliphatic rings. The number of hydrogen-bond acceptors (Lipinski definition) is 2. The van der Waals surface area contributed by atoms with E-state index in [4.69, 9.17) is 11.6 Å². The van der Waals surface area contributed by atoms with Gasteiger partial charge in [0.25, 0.3) is 0 Å². The molecule has 0 atom stereocenters. The summed E-state index contributed by atoms with van der Waals surface area (Å²) < 4.78 is 0. The SMILES string of the molecule is Cc1cc(NCc2cccc(CCl)c2)c2ccccc2n1. The first-order valence-corrected chi connectivity index (χ1v) is 7.54. The van der Waals surface area contributed by atoms with Gasteiger partial charge in [-0.05, 0) is 30.2 Å². The highest BCUT2D eigenvalue weighted by molar-refractivity contribution is 6.17. The van der Waals surface area contributed by atoms with Crippen LogP contribution in [0.2, 0.25) is 0 Å². The van der Waals surface area contributed by atoms with E-state index in [2.05, 4.69) is 34.6 Å². The van der Waals surface area contributed by atoms with Crippen molar-refractivity contribution in [3.63, 3.8) is 0 Å². The fourth-order valence-electron chi connectivity index (χ4n) is 2.47. The zero-order valence-electron chi connectivity index (χ0n) is 11.9. The number of hydrogen-bond donors (Lipinski definition) is 1. The Morgan fingerprint density at radius 3 is 2.67 bits per heavy atom. The molecule has 0 bridgehead atoms. The molecule has 3 rings (SSSR count). The lowest BCUT2D eigenvalue weighted by Crippen LogP contribution is -2.01. The average Bonchev–Trinajstić information content (AvgIpc) is 2.52. The van der Waals surface area contributed by atoms with Crippen LogP contribution in [0.4, 0.5) is 5.69 Å². The monoisotopic (exact) mass is 296 g/mol. The number of benzene rings is 2. The molecule has 2 aromatic carbocycles. The van der Waals surface area contributed by atoms with Crippen molar-refractivity contribution in [2.75, 3.05) is 5.32 Å². The standard InChI is InChI=1S/C18H17ClN2/c1-13-9-18(16-7-2-3-8-17(16)21-13)20-12-15-6-4-5-14(10-15)11-19/h2-10H,11-12H2,1H3,(H,20,21). The van der Waals surface area contributed by atoms with Gasteiger partial charge in [0, 0.05) is 29.2 Å². The Labute approximate surface area is 129 Å². The van der Waals surface area contributed by atoms with Crippen molar-refractivity contribution in [1.29, 1.82) is 0 Å². The summed E-state index contributed by atoms with van der Waals surface area (Å²) in [7, 11) is 0. The summed E-state index contributed by atoms with van der Waals surface area (Å²) in [5.74, 6) is 0.547. The minimum Gasteiger partial charge on any atom is -0.380 e. The molecule has 1 N–H and O–H groups in total. The molecule has 3 aromatic rings. The molecule has 0 aliphatic carbocycles. The van der Waals surface area contributed by atoms with Crippen LogP contribution in [0.1, 0.15) is 16.8 Å². The van der Waals surface area contributed by atoms with E-state index in [-0.39, 0.29) is 0 Å². The molecular weight excluding hydrogens is 280 g/mol. The number of rotatable bonds is 4. The van der Waals surface area contributed by atoms with Crippen molar-refractivity contribution >= 4 is 28.2 Å². The molecule has 0 fully saturated rings. The van der Waals surface area contributed by atoms with Gasteiger partial charge in [-0.3, -0.25) is 4.98 Å². The summed E-state index contributed by atoms with van der Waals surface area (Å²) in [6, 6.07) is 18.6. The van der Waals surface area contributed by atoms with Crippen LogP contribution in [0.5, 0.6) is 0 Å². The van der Waals surface area contributed by atoms with E-state index < -0.39 is 0 Å². The average molecular weight is 297 g/mol. The third kappa shape index (κ3) is 3.17. The number of nitrogens with zero attached hydrogens (tertiary/aromatic N) is 1. The minimum absolute atomic E-state index is 0.547. The summed E-state index contributed by atoms with van der Waals surface area (Å²) in [5.41, 5.74) is 5.54. The fraction of sp³-hybridized carbons (Fsp3) is 0.167. The molecule has 1 heterocycles. The lowest BCUT2D eigenvalue weighted by Gasteiger charge is -2.11. The molecule has 0 saturated heterocycles. The van der Waals surface area contributed by atoms with Crippen molar-refractivity contribution in [1.82, 2.24) is 4.98 Å². The van der Waals surface area contributed by atoms with Crippen LogP contribution in [-0.2, 0) is 12.4 Å². The predicted molar refractivity (Wildman–Crippen MR) is 89.8 cm³/mol. The smallest absolute Gasteiger partial charge is 0.0725 e. The van der Waals surface area contributed by atoms with E-state index >= 15 is 0 Å². The van der Waals surface area contributed by atoms with Crippen LogP contribution in [-0.4, -0.2) is 4.98 Å². The maximum Gasteiger partial charge on any atom is 0.0725 e. The summed E-state index contributed by atoms with van der Waals surface area (Å²) in [4.78, 5) is 4.56. The van der Waals surface area contributed by atoms with E-state index in [0.29, 0.717) is 5.88 Å². The number of aryl methyl sites for hydroxylation is 1. The zero-order valence-corrected chi connectivity index (χ0v) is 12.7. The first kappa shape index (κ1) is 13.9. The predicted octanol–water partition coefficient (Wildman–Crippen LogP) is 4.89. The number of para-hydroxylation sites is 1. The van der Waals surface area contributed by atoms with Crippen LogP contribution < -0.4 is 5.32 Å². The second-order valence-corrected chi connectivity index (χ2v) is 5.40. The number of pyridine rings is 1. The Kier molecular flexibility index (Phi) is 4.07. The lowest BCUT2D eigenvalue weighted by atomic mass is 10.1. The van der Waals surface area contributed by atoms with Crippen molar-refractivity contribution < 1.29 is 0 Å². The lowest BCUT2D eigenvalue weighted by molar-refractivity contribution is 1.13. The van der Waals surface area contributed by atoms with Gasteiger partial charge in [0.2, 0.25) is 0 Å². The maximum absolute atomic E-state index is 5.89. The van der Waals surface area contributed by atoms with Gasteiger partial charge in [0.15, 0.2) is 0 Å². The molecular formula is C18H17ClN2. The second kappa shape index (κ2) is 6.15. The number of nitrogens with one attached hydrogen (secondary N) is 1. The van der Waals surface area contributed by atoms with Crippen LogP contribution in [0, 0.1) is 6.92 Å². The van der Waals surface area contributed by atoms with Gasteiger partial charge in [-0.1, -0.05) is 42.5 Å². The topological polar surface area (TPSA) is 24.9 Å². The molecule has 0 unspecified atom stereocenters. The Morgan fingerprint density at radius 2 is 1.81 bits per heavy atom. The first-order valence-electron chi connectivity index (χ1n) is 7.00. The number of anilines is 1. The quantitative estimate of drug-likeness (QED) is 0.693. The van der Waals surface area contributed by atoms with Crippen LogP contribution in [0.3, 0.4) is 0 Å². The molecule has 1 aromatic heterocycles. The van der Waals surface area contributed by atoms with E-state index in [1.165, 1.54) is 5.56 Å². The van der Waals surface area contributed by atoms with Gasteiger partial charge >= 0.3 is 0 Å². The Bertz CT molecular complexity index is 768. The van der Waals surface area contributed by atoms with Crippen molar-refractivity contribution in [2.24, 2.45) is 0 Å². The molecule has 0 amide bonds. The third-order valence-electron chi connectivity index (χ3n) is 3.47.